The molecule has 2 fully saturated rings. The highest BCUT2D eigenvalue weighted by molar-refractivity contribution is 5.83. The number of oxazole rings is 1. The van der Waals surface area contributed by atoms with Crippen molar-refractivity contribution >= 4 is 22.6 Å². The van der Waals surface area contributed by atoms with E-state index in [1.54, 1.807) is 23.9 Å². The summed E-state index contributed by atoms with van der Waals surface area (Å²) >= 11 is 0. The van der Waals surface area contributed by atoms with E-state index in [1.165, 1.54) is 45.7 Å². The van der Waals surface area contributed by atoms with Crippen LogP contribution in [-0.4, -0.2) is 46.3 Å². The van der Waals surface area contributed by atoms with Crippen LogP contribution in [0.4, 0.5) is 0 Å². The maximum atomic E-state index is 11.7. The van der Waals surface area contributed by atoms with Crippen molar-refractivity contribution in [2.75, 3.05) is 20.1 Å². The van der Waals surface area contributed by atoms with Crippen molar-refractivity contribution in [2.24, 2.45) is 18.2 Å². The number of piperidine rings is 1. The molecule has 0 radical (unpaired) electrons. The van der Waals surface area contributed by atoms with Gasteiger partial charge in [0, 0.05) is 44.9 Å². The summed E-state index contributed by atoms with van der Waals surface area (Å²) in [5.41, 5.74) is 7.17. The van der Waals surface area contributed by atoms with E-state index < -0.39 is 0 Å². The Labute approximate surface area is 264 Å². The molecule has 0 atom stereocenters. The summed E-state index contributed by atoms with van der Waals surface area (Å²) in [6.45, 7) is 9.92. The van der Waals surface area contributed by atoms with Crippen LogP contribution in [0, 0.1) is 18.3 Å². The highest BCUT2D eigenvalue weighted by Gasteiger charge is 2.43. The number of hydrogen-bond acceptors (Lipinski definition) is 6. The minimum absolute atomic E-state index is 0.0174. The molecule has 1 aliphatic carbocycles. The van der Waals surface area contributed by atoms with Crippen LogP contribution in [0.15, 0.2) is 45.7 Å². The molecular formula is C36H54N4O4. The zero-order valence-electron chi connectivity index (χ0n) is 27.9. The lowest BCUT2D eigenvalue weighted by Crippen LogP contribution is -2.30. The van der Waals surface area contributed by atoms with Gasteiger partial charge >= 0.3 is 0 Å². The van der Waals surface area contributed by atoms with Gasteiger partial charge in [0.25, 0.3) is 5.56 Å². The maximum absolute atomic E-state index is 11.7. The highest BCUT2D eigenvalue weighted by Crippen LogP contribution is 2.53. The molecule has 2 N–H and O–H groups in total. The Balaban J connectivity index is 0.000000465. The van der Waals surface area contributed by atoms with E-state index in [4.69, 9.17) is 4.42 Å². The van der Waals surface area contributed by atoms with E-state index in [1.807, 2.05) is 45.0 Å². The van der Waals surface area contributed by atoms with E-state index in [-0.39, 0.29) is 11.5 Å². The van der Waals surface area contributed by atoms with Crippen molar-refractivity contribution < 1.29 is 14.0 Å². The molecule has 1 amide bonds. The predicted octanol–water partition coefficient (Wildman–Crippen LogP) is 6.93. The molecule has 8 heteroatoms. The third kappa shape index (κ3) is 13.3. The topological polar surface area (TPSA) is 111 Å². The number of aryl methyl sites for hydroxylation is 2. The van der Waals surface area contributed by atoms with Gasteiger partial charge in [-0.3, -0.25) is 14.4 Å². The molecule has 2 aromatic heterocycles. The number of carbonyl (C=O) groups is 2. The van der Waals surface area contributed by atoms with Gasteiger partial charge in [-0.25, -0.2) is 4.98 Å². The number of fused-ring (bicyclic) bond motifs is 1. The molecule has 44 heavy (non-hydrogen) atoms. The summed E-state index contributed by atoms with van der Waals surface area (Å²) in [6.07, 6.45) is 22.1. The largest absolute Gasteiger partial charge is 0.441 e. The zero-order chi connectivity index (χ0) is 33.1. The first-order valence-electron chi connectivity index (χ1n) is 16.0. The number of primary amides is 1. The molecule has 8 nitrogen and oxygen atoms in total. The molecule has 1 aliphatic heterocycles. The third-order valence-electron chi connectivity index (χ3n) is 7.96. The fourth-order valence-corrected chi connectivity index (χ4v) is 5.00. The summed E-state index contributed by atoms with van der Waals surface area (Å²) in [6, 6.07) is 9.32. The lowest BCUT2D eigenvalue weighted by atomic mass is 9.94. The first-order valence-corrected chi connectivity index (χ1v) is 16.0. The summed E-state index contributed by atoms with van der Waals surface area (Å²) in [4.78, 5) is 39.1. The number of aromatic nitrogens is 2. The first kappa shape index (κ1) is 38.3. The number of carbonyl (C=O) groups excluding carboxylic acids is 2. The molecule has 1 saturated carbocycles. The van der Waals surface area contributed by atoms with E-state index in [9.17, 15) is 14.4 Å². The van der Waals surface area contributed by atoms with Crippen molar-refractivity contribution in [3.8, 4) is 24.2 Å². The predicted molar refractivity (Wildman–Crippen MR) is 181 cm³/mol. The molecule has 1 aromatic carbocycles. The lowest BCUT2D eigenvalue weighted by molar-refractivity contribution is -0.119. The number of nitrogens with zero attached hydrogens (tertiary/aromatic N) is 3. The molecule has 1 spiro atoms. The number of nitrogens with two attached hydrogens (primary N) is 1. The number of terminal acetylenes is 1. The van der Waals surface area contributed by atoms with Gasteiger partial charge in [0.2, 0.25) is 5.91 Å². The second-order valence-electron chi connectivity index (χ2n) is 11.3. The minimum atomic E-state index is -0.333. The van der Waals surface area contributed by atoms with E-state index in [0.29, 0.717) is 18.6 Å². The number of rotatable bonds is 9. The van der Waals surface area contributed by atoms with Gasteiger partial charge in [-0.2, -0.15) is 0 Å². The number of hydrogen-bond donors (Lipinski definition) is 1. The number of unbranched alkanes of at least 4 members (excludes halogenated alkanes) is 3. The Kier molecular flexibility index (Phi) is 17.7. The van der Waals surface area contributed by atoms with Gasteiger partial charge in [0.1, 0.15) is 5.78 Å². The maximum Gasteiger partial charge on any atom is 0.250 e. The van der Waals surface area contributed by atoms with Crippen LogP contribution in [0.1, 0.15) is 97.8 Å². The Bertz CT molecular complexity index is 1350. The Morgan fingerprint density at radius 1 is 0.977 bits per heavy atom. The van der Waals surface area contributed by atoms with Crippen LogP contribution in [-0.2, 0) is 23.1 Å². The summed E-state index contributed by atoms with van der Waals surface area (Å²) in [5.74, 6) is 1.51. The molecule has 1 saturated heterocycles. The number of Topliss-reactive ketones (excluding diaryl/α,β-unsaturated/α-hetero) is 1. The van der Waals surface area contributed by atoms with Crippen LogP contribution in [0.2, 0.25) is 0 Å². The van der Waals surface area contributed by atoms with Gasteiger partial charge in [-0.15, -0.1) is 12.8 Å². The Hall–Kier alpha value is -3.70. The van der Waals surface area contributed by atoms with Crippen molar-refractivity contribution in [2.45, 2.75) is 98.3 Å². The van der Waals surface area contributed by atoms with Gasteiger partial charge in [0.05, 0.1) is 11.7 Å². The number of ketones is 1. The Morgan fingerprint density at radius 2 is 1.59 bits per heavy atom. The number of likely N-dealkylation sites (tertiary alicyclic amines) is 1. The summed E-state index contributed by atoms with van der Waals surface area (Å²) in [7, 11) is 4.00. The zero-order valence-corrected chi connectivity index (χ0v) is 27.9. The fourth-order valence-electron chi connectivity index (χ4n) is 5.00. The van der Waals surface area contributed by atoms with Crippen LogP contribution < -0.4 is 11.3 Å². The normalized spacial score (nSPS) is 14.4. The van der Waals surface area contributed by atoms with Gasteiger partial charge in [0.15, 0.2) is 11.7 Å². The monoisotopic (exact) mass is 606 g/mol. The molecule has 2 aliphatic rings. The first-order chi connectivity index (χ1) is 21.1. The molecule has 0 unspecified atom stereocenters. The molecule has 0 bridgehead atoms. The van der Waals surface area contributed by atoms with Gasteiger partial charge < -0.3 is 19.6 Å². The Morgan fingerprint density at radius 3 is 2.18 bits per heavy atom. The van der Waals surface area contributed by atoms with E-state index in [0.717, 1.165) is 65.6 Å². The van der Waals surface area contributed by atoms with Crippen LogP contribution in [0.25, 0.3) is 22.2 Å². The molecule has 242 valence electrons. The lowest BCUT2D eigenvalue weighted by Gasteiger charge is -2.28. The van der Waals surface area contributed by atoms with Gasteiger partial charge in [-0.1, -0.05) is 33.6 Å². The number of amides is 1. The molecular weight excluding hydrogens is 552 g/mol. The molecule has 3 heterocycles. The second-order valence-corrected chi connectivity index (χ2v) is 11.3. The van der Waals surface area contributed by atoms with Gasteiger partial charge in [-0.05, 0) is 93.7 Å². The third-order valence-corrected chi connectivity index (χ3v) is 7.96. The quantitative estimate of drug-likeness (QED) is 0.209. The SMILES string of the molecule is C#C.CC.CC(N)=O.CCC(=O)CCCCCCc1ncc(-c2ccc3c(ccc(=O)n3C)c2)o1.CN1CCC2(CC1)CC2. The van der Waals surface area contributed by atoms with Crippen molar-refractivity contribution in [1.82, 2.24) is 14.5 Å². The fraction of sp³-hybridized carbons (Fsp3) is 0.556. The average Bonchev–Trinajstić information content (AvgIpc) is 3.63. The highest BCUT2D eigenvalue weighted by atomic mass is 16.4. The van der Waals surface area contributed by atoms with Crippen LogP contribution in [0.3, 0.4) is 0 Å². The number of benzene rings is 1. The smallest absolute Gasteiger partial charge is 0.250 e. The van der Waals surface area contributed by atoms with Crippen molar-refractivity contribution in [1.29, 1.82) is 0 Å². The summed E-state index contributed by atoms with van der Waals surface area (Å²) in [5, 5.41) is 0.995. The number of pyridine rings is 1. The minimum Gasteiger partial charge on any atom is -0.441 e. The van der Waals surface area contributed by atoms with Crippen LogP contribution in [0.5, 0.6) is 0 Å². The van der Waals surface area contributed by atoms with E-state index >= 15 is 0 Å². The molecule has 3 aromatic rings. The average molecular weight is 607 g/mol. The standard InChI is InChI=1S/C22H26N2O3.C8H15N.C2H5NO.C2H6.C2H2/c1-3-18(25)8-6-4-5-7-9-21-23-15-20(27-21)17-10-12-19-16(14-17)11-13-22(26)24(19)2;1-9-6-4-8(2-3-8)5-7-9;1-2(3)4;2*1-2/h10-15H,3-9H2,1-2H3;2-7H2,1H3;1H3,(H2,3,4);1-2H3;1-2H. The van der Waals surface area contributed by atoms with Crippen molar-refractivity contribution in [3.05, 3.63) is 52.8 Å². The summed E-state index contributed by atoms with van der Waals surface area (Å²) < 4.78 is 7.54. The molecule has 5 rings (SSSR count). The van der Waals surface area contributed by atoms with E-state index in [2.05, 4.69) is 35.5 Å². The van der Waals surface area contributed by atoms with Crippen LogP contribution >= 0.6 is 0 Å². The second kappa shape index (κ2) is 20.3. The van der Waals surface area contributed by atoms with Crippen molar-refractivity contribution in [3.63, 3.8) is 0 Å².